The number of aliphatic hydroxyl groups is 2. The number of carbonyl (C=O) groups is 11. The minimum Gasteiger partial charge on any atom is -0.463 e. The maximum absolute atomic E-state index is 13.7. The molecule has 0 aromatic heterocycles. The third-order valence-corrected chi connectivity index (χ3v) is 15.0. The molecular formula is C56H97N7O19S2. The molecule has 0 unspecified atom stereocenters. The van der Waals surface area contributed by atoms with E-state index in [-0.39, 0.29) is 86.7 Å². The fourth-order valence-electron chi connectivity index (χ4n) is 8.66. The molecule has 84 heavy (non-hydrogen) atoms. The lowest BCUT2D eigenvalue weighted by atomic mass is 9.95. The van der Waals surface area contributed by atoms with Gasteiger partial charge in [-0.2, -0.15) is 0 Å². The van der Waals surface area contributed by atoms with Crippen molar-refractivity contribution in [1.82, 2.24) is 37.2 Å². The molecule has 28 heteroatoms. The minimum absolute atomic E-state index is 0.00110. The van der Waals surface area contributed by atoms with Crippen LogP contribution in [0.15, 0.2) is 0 Å². The maximum atomic E-state index is 13.7. The quantitative estimate of drug-likeness (QED) is 0.0184. The van der Waals surface area contributed by atoms with E-state index >= 15 is 0 Å². The largest absolute Gasteiger partial charge is 0.463 e. The molecule has 1 aliphatic heterocycles. The van der Waals surface area contributed by atoms with Crippen LogP contribution in [0.5, 0.6) is 0 Å². The molecule has 0 radical (unpaired) electrons. The van der Waals surface area contributed by atoms with Crippen molar-refractivity contribution in [3.8, 4) is 0 Å². The zero-order valence-electron chi connectivity index (χ0n) is 51.7. The molecule has 12 atom stereocenters. The van der Waals surface area contributed by atoms with Crippen LogP contribution in [0.3, 0.4) is 0 Å². The van der Waals surface area contributed by atoms with Gasteiger partial charge in [-0.15, -0.1) is 0 Å². The number of esters is 4. The van der Waals surface area contributed by atoms with Crippen molar-refractivity contribution in [1.29, 1.82) is 0 Å². The number of carbonyl (C=O) groups excluding carboxylic acids is 11. The number of ether oxygens (including phenoxy) is 6. The lowest BCUT2D eigenvalue weighted by Crippen LogP contribution is -2.63. The normalized spacial score (nSPS) is 19.4. The number of nitrogens with one attached hydrogen (secondary N) is 7. The van der Waals surface area contributed by atoms with Crippen molar-refractivity contribution in [2.75, 3.05) is 37.8 Å². The number of aliphatic hydroxyl groups excluding tert-OH is 2. The van der Waals surface area contributed by atoms with Gasteiger partial charge in [0.25, 0.3) is 0 Å². The lowest BCUT2D eigenvalue weighted by Gasteiger charge is -2.44. The Kier molecular flexibility index (Phi) is 36.7. The van der Waals surface area contributed by atoms with Gasteiger partial charge in [-0.05, 0) is 55.8 Å². The molecule has 0 saturated carbocycles. The predicted molar refractivity (Wildman–Crippen MR) is 313 cm³/mol. The van der Waals surface area contributed by atoms with Gasteiger partial charge in [-0.3, -0.25) is 52.7 Å². The third kappa shape index (κ3) is 31.7. The average molecular weight is 1240 g/mol. The SMILES string of the molecule is CC(=O)OC[C@H]1O[C@H](OCCCC(=O)NCCSSCCNC(=O)C[C@H](O)[C@H](CC(C)C)NC(=O)[C@H](C)NC(=O)C[C@H](O)[C@H](CC(C)C)NC(=O)[C@@H](NC(=O)[C@@H](NC(=O)CC(C)C)C(C)C)C(C)C)[C@@H](OC(C)=O)[C@@H](OC(C)=O)[C@@H]1OC(C)=O. The van der Waals surface area contributed by atoms with Gasteiger partial charge in [-0.1, -0.05) is 90.8 Å². The molecule has 1 rings (SSSR count). The van der Waals surface area contributed by atoms with E-state index in [1.54, 1.807) is 27.7 Å². The Morgan fingerprint density at radius 1 is 0.500 bits per heavy atom. The van der Waals surface area contributed by atoms with Crippen molar-refractivity contribution < 1.29 is 91.4 Å². The lowest BCUT2D eigenvalue weighted by molar-refractivity contribution is -0.308. The van der Waals surface area contributed by atoms with Crippen LogP contribution in [0.25, 0.3) is 0 Å². The van der Waals surface area contributed by atoms with Gasteiger partial charge in [0.15, 0.2) is 24.6 Å². The smallest absolute Gasteiger partial charge is 0.303 e. The van der Waals surface area contributed by atoms with E-state index in [0.29, 0.717) is 24.5 Å². The molecule has 1 saturated heterocycles. The summed E-state index contributed by atoms with van der Waals surface area (Å²) in [5.74, 6) is -6.02. The number of amides is 7. The van der Waals surface area contributed by atoms with Gasteiger partial charge < -0.3 is 75.9 Å². The molecule has 0 aromatic rings. The van der Waals surface area contributed by atoms with E-state index in [4.69, 9.17) is 28.4 Å². The second-order valence-electron chi connectivity index (χ2n) is 22.8. The summed E-state index contributed by atoms with van der Waals surface area (Å²) in [4.78, 5) is 140. The summed E-state index contributed by atoms with van der Waals surface area (Å²) >= 11 is 0. The molecule has 0 aromatic carbocycles. The summed E-state index contributed by atoms with van der Waals surface area (Å²) in [6.07, 6.45) is -9.04. The average Bonchev–Trinajstić information content (AvgIpc) is 2.75. The van der Waals surface area contributed by atoms with Crippen LogP contribution in [-0.4, -0.2) is 186 Å². The fraction of sp³-hybridized carbons (Fsp3) is 0.804. The summed E-state index contributed by atoms with van der Waals surface area (Å²) < 4.78 is 32.9. The van der Waals surface area contributed by atoms with Crippen molar-refractivity contribution in [3.63, 3.8) is 0 Å². The summed E-state index contributed by atoms with van der Waals surface area (Å²) in [5.41, 5.74) is 0. The van der Waals surface area contributed by atoms with Crippen LogP contribution in [-0.2, 0) is 81.2 Å². The van der Waals surface area contributed by atoms with Gasteiger partial charge >= 0.3 is 23.9 Å². The van der Waals surface area contributed by atoms with Crippen molar-refractivity contribution >= 4 is 86.8 Å². The molecule has 0 spiro atoms. The first kappa shape index (κ1) is 76.7. The van der Waals surface area contributed by atoms with Gasteiger partial charge in [-0.25, -0.2) is 0 Å². The summed E-state index contributed by atoms with van der Waals surface area (Å²) in [6.45, 7) is 24.4. The van der Waals surface area contributed by atoms with Gasteiger partial charge in [0, 0.05) is 65.1 Å². The van der Waals surface area contributed by atoms with E-state index in [0.717, 1.165) is 27.7 Å². The summed E-state index contributed by atoms with van der Waals surface area (Å²) in [5, 5.41) is 41.7. The van der Waals surface area contributed by atoms with Crippen LogP contribution in [0.2, 0.25) is 0 Å². The zero-order valence-corrected chi connectivity index (χ0v) is 53.3. The number of rotatable bonds is 39. The van der Waals surface area contributed by atoms with Crippen LogP contribution >= 0.6 is 21.6 Å². The first-order valence-electron chi connectivity index (χ1n) is 28.8. The Labute approximate surface area is 502 Å². The number of hydrogen-bond donors (Lipinski definition) is 9. The molecule has 1 aliphatic rings. The highest BCUT2D eigenvalue weighted by atomic mass is 33.1. The standard InChI is InChI=1S/C56H97N7O19S2/c1-29(2)23-39(60-53(74)34(11)59-47(73)27-42(69)40(24-30(3)4)61-54(75)49(33(9)10)63-55(76)48(32(7)8)62-46(72)25-31(5)6)41(68)26-45(71)58-19-22-84-83-21-18-57-44(70)17-16-20-77-56-52(81-38(15)67)51(80-37(14)66)50(79-36(13)65)43(82-56)28-78-35(12)64/h29-34,39-43,48-52,56,68-69H,16-28H2,1-15H3,(H,57,70)(H,58,71)(H,59,73)(H,60,74)(H,61,75)(H,62,72)(H,63,76)/t34-,39-,40-,41-,42-,43+,48-,49-,50+,51-,52-,56-/m0/s1. The Bertz CT molecular complexity index is 2140. The van der Waals surface area contributed by atoms with Gasteiger partial charge in [0.2, 0.25) is 41.4 Å². The topological polar surface area (TPSA) is 368 Å². The van der Waals surface area contributed by atoms with Crippen molar-refractivity contribution in [2.24, 2.45) is 29.6 Å². The minimum atomic E-state index is -1.39. The van der Waals surface area contributed by atoms with E-state index in [1.807, 2.05) is 41.5 Å². The molecule has 482 valence electrons. The highest BCUT2D eigenvalue weighted by Crippen LogP contribution is 2.30. The van der Waals surface area contributed by atoms with E-state index < -0.39 is 140 Å². The van der Waals surface area contributed by atoms with E-state index in [9.17, 15) is 63.0 Å². The maximum Gasteiger partial charge on any atom is 0.303 e. The Balaban J connectivity index is 2.67. The van der Waals surface area contributed by atoms with Gasteiger partial charge in [0.05, 0.1) is 43.7 Å². The molecule has 0 aliphatic carbocycles. The van der Waals surface area contributed by atoms with E-state index in [2.05, 4.69) is 37.2 Å². The Morgan fingerprint density at radius 3 is 1.44 bits per heavy atom. The number of hydrogen-bond acceptors (Lipinski definition) is 21. The van der Waals surface area contributed by atoms with Crippen LogP contribution in [0, 0.1) is 29.6 Å². The molecule has 9 N–H and O–H groups in total. The van der Waals surface area contributed by atoms with Crippen LogP contribution in [0.1, 0.15) is 149 Å². The summed E-state index contributed by atoms with van der Waals surface area (Å²) in [6, 6.07) is -4.79. The van der Waals surface area contributed by atoms with Crippen LogP contribution in [0.4, 0.5) is 0 Å². The molecule has 1 fully saturated rings. The molecule has 0 bridgehead atoms. The first-order chi connectivity index (χ1) is 39.2. The summed E-state index contributed by atoms with van der Waals surface area (Å²) in [7, 11) is 2.91. The molecular weight excluding hydrogens is 1140 g/mol. The Morgan fingerprint density at radius 2 is 0.952 bits per heavy atom. The fourth-order valence-corrected chi connectivity index (χ4v) is 10.5. The highest BCUT2D eigenvalue weighted by molar-refractivity contribution is 8.76. The van der Waals surface area contributed by atoms with Crippen molar-refractivity contribution in [3.05, 3.63) is 0 Å². The van der Waals surface area contributed by atoms with Crippen LogP contribution < -0.4 is 37.2 Å². The first-order valence-corrected chi connectivity index (χ1v) is 31.3. The highest BCUT2D eigenvalue weighted by Gasteiger charge is 2.53. The van der Waals surface area contributed by atoms with Crippen molar-refractivity contribution in [2.45, 2.75) is 222 Å². The predicted octanol–water partition coefficient (Wildman–Crippen LogP) is 1.88. The second kappa shape index (κ2) is 40.2. The van der Waals surface area contributed by atoms with E-state index in [1.165, 1.54) is 28.5 Å². The second-order valence-corrected chi connectivity index (χ2v) is 25.5. The third-order valence-electron chi connectivity index (χ3n) is 12.6. The molecule has 7 amide bonds. The molecule has 1 heterocycles. The van der Waals surface area contributed by atoms with Gasteiger partial charge in [0.1, 0.15) is 30.8 Å². The monoisotopic (exact) mass is 1240 g/mol. The zero-order chi connectivity index (χ0) is 64.0. The molecule has 26 nitrogen and oxygen atoms in total. The Hall–Kier alpha value is -5.29.